The van der Waals surface area contributed by atoms with Crippen LogP contribution in [-0.4, -0.2) is 29.8 Å². The van der Waals surface area contributed by atoms with E-state index in [0.29, 0.717) is 18.5 Å². The molecule has 6 heteroatoms. The molecule has 1 aromatic rings. The summed E-state index contributed by atoms with van der Waals surface area (Å²) >= 11 is 0. The summed E-state index contributed by atoms with van der Waals surface area (Å²) in [5.41, 5.74) is 3.30. The van der Waals surface area contributed by atoms with Crippen LogP contribution in [0.3, 0.4) is 0 Å². The molecule has 2 N–H and O–H groups in total. The van der Waals surface area contributed by atoms with Gasteiger partial charge in [-0.05, 0) is 63.3 Å². The van der Waals surface area contributed by atoms with Gasteiger partial charge < -0.3 is 15.5 Å². The molecule has 0 spiro atoms. The first kappa shape index (κ1) is 16.5. The van der Waals surface area contributed by atoms with Gasteiger partial charge in [-0.15, -0.1) is 0 Å². The number of hydrogen-bond donors (Lipinski definition) is 2. The smallest absolute Gasteiger partial charge is 0.313 e. The van der Waals surface area contributed by atoms with Crippen molar-refractivity contribution in [1.29, 1.82) is 0 Å². The number of carbonyl (C=O) groups is 3. The number of amides is 3. The van der Waals surface area contributed by atoms with Crippen LogP contribution in [0.15, 0.2) is 12.1 Å². The second-order valence-corrected chi connectivity index (χ2v) is 7.45. The van der Waals surface area contributed by atoms with Gasteiger partial charge in [-0.2, -0.15) is 0 Å². The van der Waals surface area contributed by atoms with Crippen molar-refractivity contribution in [1.82, 2.24) is 5.32 Å². The van der Waals surface area contributed by atoms with Gasteiger partial charge in [-0.25, -0.2) is 0 Å². The Morgan fingerprint density at radius 3 is 2.38 bits per heavy atom. The van der Waals surface area contributed by atoms with Gasteiger partial charge in [-0.3, -0.25) is 14.4 Å². The number of carbonyl (C=O) groups excluding carboxylic acids is 3. The topological polar surface area (TPSA) is 78.5 Å². The van der Waals surface area contributed by atoms with Crippen LogP contribution in [0, 0.1) is 0 Å². The minimum absolute atomic E-state index is 0.171. The van der Waals surface area contributed by atoms with E-state index in [1.54, 1.807) is 0 Å². The first-order chi connectivity index (χ1) is 11.2. The molecule has 1 aromatic carbocycles. The number of rotatable bonds is 1. The van der Waals surface area contributed by atoms with Crippen molar-refractivity contribution in [3.05, 3.63) is 23.3 Å². The summed E-state index contributed by atoms with van der Waals surface area (Å²) in [5.74, 6) is -1.15. The van der Waals surface area contributed by atoms with E-state index in [9.17, 15) is 14.4 Å². The average molecular weight is 329 g/mol. The highest BCUT2D eigenvalue weighted by molar-refractivity contribution is 6.39. The van der Waals surface area contributed by atoms with Gasteiger partial charge in [-0.1, -0.05) is 0 Å². The monoisotopic (exact) mass is 329 g/mol. The molecule has 24 heavy (non-hydrogen) atoms. The van der Waals surface area contributed by atoms with E-state index in [-0.39, 0.29) is 5.91 Å². The fraction of sp³-hybridized carbons (Fsp3) is 0.500. The van der Waals surface area contributed by atoms with Gasteiger partial charge in [0.2, 0.25) is 5.91 Å². The highest BCUT2D eigenvalue weighted by Crippen LogP contribution is 2.37. The fourth-order valence-corrected chi connectivity index (χ4v) is 3.31. The van der Waals surface area contributed by atoms with Gasteiger partial charge in [0.25, 0.3) is 0 Å². The number of nitrogens with one attached hydrogen (secondary N) is 2. The Balaban J connectivity index is 1.83. The van der Waals surface area contributed by atoms with Gasteiger partial charge in [0.05, 0.1) is 5.69 Å². The van der Waals surface area contributed by atoms with E-state index < -0.39 is 17.4 Å². The van der Waals surface area contributed by atoms with Crippen molar-refractivity contribution < 1.29 is 14.4 Å². The summed E-state index contributed by atoms with van der Waals surface area (Å²) in [6.07, 6.45) is 2.97. The van der Waals surface area contributed by atoms with Crippen LogP contribution in [0.25, 0.3) is 0 Å². The molecule has 2 heterocycles. The first-order valence-corrected chi connectivity index (χ1v) is 8.34. The minimum Gasteiger partial charge on any atom is -0.343 e. The summed E-state index contributed by atoms with van der Waals surface area (Å²) in [6.45, 7) is 6.24. The molecule has 0 radical (unpaired) electrons. The van der Waals surface area contributed by atoms with Crippen LogP contribution in [0.2, 0.25) is 0 Å². The molecule has 0 saturated heterocycles. The van der Waals surface area contributed by atoms with E-state index in [2.05, 4.69) is 10.6 Å². The summed E-state index contributed by atoms with van der Waals surface area (Å²) < 4.78 is 0. The standard InChI is InChI=1S/C18H23N3O3/c1-18(2,3)20-17(24)16(23)19-13-9-11-5-4-8-21-14(22)7-6-12(10-13)15(11)21/h9-10H,4-8H2,1-3H3,(H,19,23)(H,20,24). The molecule has 0 fully saturated rings. The lowest BCUT2D eigenvalue weighted by atomic mass is 9.91. The molecule has 0 aromatic heterocycles. The Kier molecular flexibility index (Phi) is 4.07. The number of nitrogens with zero attached hydrogens (tertiary/aromatic N) is 1. The van der Waals surface area contributed by atoms with E-state index in [1.807, 2.05) is 37.8 Å². The number of anilines is 2. The van der Waals surface area contributed by atoms with E-state index >= 15 is 0 Å². The second-order valence-electron chi connectivity index (χ2n) is 7.45. The summed E-state index contributed by atoms with van der Waals surface area (Å²) in [6, 6.07) is 3.76. The minimum atomic E-state index is -0.670. The Hall–Kier alpha value is -2.37. The Labute approximate surface area is 141 Å². The highest BCUT2D eigenvalue weighted by atomic mass is 16.2. The molecular weight excluding hydrogens is 306 g/mol. The van der Waals surface area contributed by atoms with Gasteiger partial charge in [0.1, 0.15) is 0 Å². The maximum absolute atomic E-state index is 12.1. The molecule has 3 rings (SSSR count). The van der Waals surface area contributed by atoms with Crippen LogP contribution < -0.4 is 15.5 Å². The zero-order valence-corrected chi connectivity index (χ0v) is 14.4. The van der Waals surface area contributed by atoms with Crippen molar-refractivity contribution in [3.63, 3.8) is 0 Å². The predicted octanol–water partition coefficient (Wildman–Crippen LogP) is 1.77. The zero-order chi connectivity index (χ0) is 17.5. The molecule has 3 amide bonds. The lowest BCUT2D eigenvalue weighted by Crippen LogP contribution is -2.46. The fourth-order valence-electron chi connectivity index (χ4n) is 3.31. The maximum atomic E-state index is 12.1. The second kappa shape index (κ2) is 5.92. The third kappa shape index (κ3) is 3.27. The lowest BCUT2D eigenvalue weighted by molar-refractivity contribution is -0.137. The molecule has 0 bridgehead atoms. The predicted molar refractivity (Wildman–Crippen MR) is 92.0 cm³/mol. The van der Waals surface area contributed by atoms with Gasteiger partial charge in [0.15, 0.2) is 0 Å². The summed E-state index contributed by atoms with van der Waals surface area (Å²) in [7, 11) is 0. The zero-order valence-electron chi connectivity index (χ0n) is 14.4. The Morgan fingerprint density at radius 1 is 1.04 bits per heavy atom. The maximum Gasteiger partial charge on any atom is 0.313 e. The third-order valence-electron chi connectivity index (χ3n) is 4.23. The van der Waals surface area contributed by atoms with E-state index in [0.717, 1.165) is 36.2 Å². The van der Waals surface area contributed by atoms with Crippen LogP contribution in [0.5, 0.6) is 0 Å². The van der Waals surface area contributed by atoms with Crippen molar-refractivity contribution in [2.24, 2.45) is 0 Å². The van der Waals surface area contributed by atoms with Crippen molar-refractivity contribution >= 4 is 29.1 Å². The molecule has 2 aliphatic rings. The number of aryl methyl sites for hydroxylation is 2. The van der Waals surface area contributed by atoms with Crippen molar-refractivity contribution in [2.45, 2.75) is 52.0 Å². The molecule has 0 saturated carbocycles. The lowest BCUT2D eigenvalue weighted by Gasteiger charge is -2.35. The molecule has 0 atom stereocenters. The van der Waals surface area contributed by atoms with Gasteiger partial charge in [0, 0.05) is 24.2 Å². The largest absolute Gasteiger partial charge is 0.343 e. The van der Waals surface area contributed by atoms with Crippen LogP contribution in [0.1, 0.15) is 44.7 Å². The van der Waals surface area contributed by atoms with Gasteiger partial charge >= 0.3 is 11.8 Å². The van der Waals surface area contributed by atoms with E-state index in [1.165, 1.54) is 0 Å². The number of hydrogen-bond acceptors (Lipinski definition) is 3. The molecule has 128 valence electrons. The first-order valence-electron chi connectivity index (χ1n) is 8.34. The molecule has 2 aliphatic heterocycles. The van der Waals surface area contributed by atoms with Crippen LogP contribution >= 0.6 is 0 Å². The third-order valence-corrected chi connectivity index (χ3v) is 4.23. The normalized spacial score (nSPS) is 16.5. The SMILES string of the molecule is CC(C)(C)NC(=O)C(=O)Nc1cc2c3c(c1)CCC(=O)N3CCC2. The average Bonchev–Trinajstić information content (AvgIpc) is 2.49. The Bertz CT molecular complexity index is 702. The van der Waals surface area contributed by atoms with E-state index in [4.69, 9.17) is 0 Å². The number of benzene rings is 1. The molecule has 0 aliphatic carbocycles. The van der Waals surface area contributed by atoms with Crippen LogP contribution in [-0.2, 0) is 27.2 Å². The Morgan fingerprint density at radius 2 is 1.71 bits per heavy atom. The van der Waals surface area contributed by atoms with Crippen LogP contribution in [0.4, 0.5) is 11.4 Å². The molecule has 6 nitrogen and oxygen atoms in total. The molecular formula is C18H23N3O3. The quantitative estimate of drug-likeness (QED) is 0.771. The summed E-state index contributed by atoms with van der Waals surface area (Å²) in [5, 5.41) is 5.34. The van der Waals surface area contributed by atoms with Crippen molar-refractivity contribution in [2.75, 3.05) is 16.8 Å². The van der Waals surface area contributed by atoms with Crippen molar-refractivity contribution in [3.8, 4) is 0 Å². The highest BCUT2D eigenvalue weighted by Gasteiger charge is 2.30. The molecule has 0 unspecified atom stereocenters. The summed E-state index contributed by atoms with van der Waals surface area (Å²) in [4.78, 5) is 38.0.